The number of aryl methyl sites for hydroxylation is 1. The zero-order chi connectivity index (χ0) is 28.7. The Labute approximate surface area is 236 Å². The lowest BCUT2D eigenvalue weighted by atomic mass is 10.0. The average Bonchev–Trinajstić information content (AvgIpc) is 3.15. The molecule has 0 aliphatic carbocycles. The van der Waals surface area contributed by atoms with E-state index in [0.717, 1.165) is 33.8 Å². The third-order valence-corrected chi connectivity index (χ3v) is 8.86. The van der Waals surface area contributed by atoms with Crippen molar-refractivity contribution in [3.63, 3.8) is 0 Å². The van der Waals surface area contributed by atoms with E-state index >= 15 is 0 Å². The van der Waals surface area contributed by atoms with Gasteiger partial charge in [0.2, 0.25) is 11.8 Å². The maximum atomic E-state index is 13.8. The number of fused-ring (bicyclic) bond motifs is 1. The highest BCUT2D eigenvalue weighted by Crippen LogP contribution is 2.30. The van der Waals surface area contributed by atoms with E-state index in [0.29, 0.717) is 13.0 Å². The number of amides is 3. The van der Waals surface area contributed by atoms with Gasteiger partial charge in [0, 0.05) is 32.5 Å². The van der Waals surface area contributed by atoms with Crippen molar-refractivity contribution in [2.45, 2.75) is 57.0 Å². The van der Waals surface area contributed by atoms with Crippen LogP contribution in [0, 0.1) is 6.92 Å². The molecule has 1 aliphatic heterocycles. The van der Waals surface area contributed by atoms with Crippen molar-refractivity contribution in [2.75, 3.05) is 13.1 Å². The first kappa shape index (κ1) is 29.0. The molecule has 0 fully saturated rings. The van der Waals surface area contributed by atoms with E-state index in [1.807, 2.05) is 68.4 Å². The predicted octanol–water partition coefficient (Wildman–Crippen LogP) is 4.09. The van der Waals surface area contributed by atoms with Gasteiger partial charge in [-0.1, -0.05) is 85.6 Å². The summed E-state index contributed by atoms with van der Waals surface area (Å²) >= 11 is 0. The molecule has 210 valence electrons. The van der Waals surface area contributed by atoms with Crippen LogP contribution in [0.25, 0.3) is 0 Å². The second-order valence-corrected chi connectivity index (χ2v) is 11.8. The zero-order valence-corrected chi connectivity index (χ0v) is 23.7. The topological polar surface area (TPSA) is 104 Å². The minimum absolute atomic E-state index is 0.0544. The van der Waals surface area contributed by atoms with E-state index in [-0.39, 0.29) is 35.9 Å². The standard InChI is InChI=1S/C31H35N3O5S/c1-3-4-19-32-30(36)27(21-24-10-6-5-7-11-24)33(22-25-16-14-23(2)15-17-25)29(35)18-20-34-31(37)26-12-8-9-13-28(26)40(34,38)39/h5-17,27H,3-4,18-22H2,1-2H3,(H,32,36). The molecule has 0 saturated heterocycles. The lowest BCUT2D eigenvalue weighted by molar-refractivity contribution is -0.141. The van der Waals surface area contributed by atoms with Crippen molar-refractivity contribution in [3.05, 3.63) is 101 Å². The Morgan fingerprint density at radius 1 is 0.925 bits per heavy atom. The predicted molar refractivity (Wildman–Crippen MR) is 153 cm³/mol. The van der Waals surface area contributed by atoms with Crippen LogP contribution in [0.3, 0.4) is 0 Å². The van der Waals surface area contributed by atoms with Gasteiger partial charge < -0.3 is 10.2 Å². The van der Waals surface area contributed by atoms with Gasteiger partial charge in [-0.05, 0) is 36.6 Å². The summed E-state index contributed by atoms with van der Waals surface area (Å²) in [4.78, 5) is 41.7. The van der Waals surface area contributed by atoms with Gasteiger partial charge in [0.1, 0.15) is 10.9 Å². The van der Waals surface area contributed by atoms with Crippen LogP contribution < -0.4 is 5.32 Å². The van der Waals surface area contributed by atoms with Crippen LogP contribution in [0.1, 0.15) is 53.2 Å². The Morgan fingerprint density at radius 3 is 2.27 bits per heavy atom. The van der Waals surface area contributed by atoms with E-state index in [9.17, 15) is 22.8 Å². The van der Waals surface area contributed by atoms with Gasteiger partial charge in [-0.2, -0.15) is 0 Å². The number of nitrogens with zero attached hydrogens (tertiary/aromatic N) is 2. The van der Waals surface area contributed by atoms with E-state index in [4.69, 9.17) is 0 Å². The molecule has 0 aromatic heterocycles. The van der Waals surface area contributed by atoms with Crippen LogP contribution in [0.2, 0.25) is 0 Å². The van der Waals surface area contributed by atoms with E-state index in [1.54, 1.807) is 12.1 Å². The SMILES string of the molecule is CCCCNC(=O)C(Cc1ccccc1)N(Cc1ccc(C)cc1)C(=O)CCN1C(=O)c2ccccc2S1(=O)=O. The number of rotatable bonds is 12. The summed E-state index contributed by atoms with van der Waals surface area (Å²) in [6, 6.07) is 22.4. The highest BCUT2D eigenvalue weighted by atomic mass is 32.2. The van der Waals surface area contributed by atoms with Gasteiger partial charge in [0.05, 0.1) is 5.56 Å². The Kier molecular flexibility index (Phi) is 9.37. The van der Waals surface area contributed by atoms with Crippen LogP contribution in [-0.2, 0) is 32.6 Å². The van der Waals surface area contributed by atoms with Crippen molar-refractivity contribution in [1.82, 2.24) is 14.5 Å². The molecule has 8 nitrogen and oxygen atoms in total. The Hall–Kier alpha value is -3.98. The second kappa shape index (κ2) is 12.9. The number of unbranched alkanes of at least 4 members (excludes halogenated alkanes) is 1. The third-order valence-electron chi connectivity index (χ3n) is 7.01. The van der Waals surface area contributed by atoms with Crippen LogP contribution in [0.5, 0.6) is 0 Å². The van der Waals surface area contributed by atoms with Gasteiger partial charge in [-0.15, -0.1) is 0 Å². The Morgan fingerprint density at radius 2 is 1.60 bits per heavy atom. The average molecular weight is 562 g/mol. The molecular formula is C31H35N3O5S. The first-order chi connectivity index (χ1) is 19.2. The molecule has 1 aliphatic rings. The number of benzene rings is 3. The summed E-state index contributed by atoms with van der Waals surface area (Å²) in [6.07, 6.45) is 1.77. The van der Waals surface area contributed by atoms with Crippen LogP contribution in [0.15, 0.2) is 83.8 Å². The summed E-state index contributed by atoms with van der Waals surface area (Å²) in [7, 11) is -4.05. The maximum absolute atomic E-state index is 13.8. The lowest BCUT2D eigenvalue weighted by Crippen LogP contribution is -2.51. The Bertz CT molecular complexity index is 1460. The fourth-order valence-corrected chi connectivity index (χ4v) is 6.31. The normalized spacial score (nSPS) is 14.4. The van der Waals surface area contributed by atoms with E-state index in [2.05, 4.69) is 5.32 Å². The largest absolute Gasteiger partial charge is 0.354 e. The molecule has 3 aromatic rings. The monoisotopic (exact) mass is 561 g/mol. The highest BCUT2D eigenvalue weighted by molar-refractivity contribution is 7.90. The molecule has 0 spiro atoms. The maximum Gasteiger partial charge on any atom is 0.269 e. The van der Waals surface area contributed by atoms with Crippen LogP contribution in [-0.4, -0.2) is 54.5 Å². The zero-order valence-electron chi connectivity index (χ0n) is 22.9. The van der Waals surface area contributed by atoms with Gasteiger partial charge in [-0.25, -0.2) is 12.7 Å². The first-order valence-electron chi connectivity index (χ1n) is 13.5. The highest BCUT2D eigenvalue weighted by Gasteiger charge is 2.41. The number of carbonyl (C=O) groups is 3. The molecule has 1 heterocycles. The number of hydrogen-bond acceptors (Lipinski definition) is 5. The number of nitrogens with one attached hydrogen (secondary N) is 1. The molecule has 3 aromatic carbocycles. The quantitative estimate of drug-likeness (QED) is 0.336. The summed E-state index contributed by atoms with van der Waals surface area (Å²) in [5.74, 6) is -1.33. The number of hydrogen-bond donors (Lipinski definition) is 1. The van der Waals surface area contributed by atoms with E-state index in [1.165, 1.54) is 17.0 Å². The van der Waals surface area contributed by atoms with Crippen LogP contribution >= 0.6 is 0 Å². The minimum Gasteiger partial charge on any atom is -0.354 e. The molecule has 1 unspecified atom stereocenters. The van der Waals surface area contributed by atoms with Gasteiger partial charge in [0.25, 0.3) is 15.9 Å². The molecular weight excluding hydrogens is 526 g/mol. The molecule has 0 radical (unpaired) electrons. The smallest absolute Gasteiger partial charge is 0.269 e. The second-order valence-electron chi connectivity index (χ2n) is 9.99. The van der Waals surface area contributed by atoms with E-state index < -0.39 is 27.9 Å². The molecule has 9 heteroatoms. The molecule has 1 atom stereocenters. The van der Waals surface area contributed by atoms with Crippen molar-refractivity contribution in [1.29, 1.82) is 0 Å². The van der Waals surface area contributed by atoms with Gasteiger partial charge in [0.15, 0.2) is 0 Å². The molecule has 1 N–H and O–H groups in total. The summed E-state index contributed by atoms with van der Waals surface area (Å²) < 4.78 is 26.8. The molecule has 40 heavy (non-hydrogen) atoms. The van der Waals surface area contributed by atoms with Crippen molar-refractivity contribution < 1.29 is 22.8 Å². The number of carbonyl (C=O) groups excluding carboxylic acids is 3. The van der Waals surface area contributed by atoms with Gasteiger partial charge >= 0.3 is 0 Å². The number of sulfonamides is 1. The molecule has 3 amide bonds. The molecule has 0 saturated carbocycles. The minimum atomic E-state index is -4.05. The molecule has 0 bridgehead atoms. The summed E-state index contributed by atoms with van der Waals surface area (Å²) in [5, 5.41) is 2.97. The van der Waals surface area contributed by atoms with Gasteiger partial charge in [-0.3, -0.25) is 14.4 Å². The Balaban J connectivity index is 1.62. The first-order valence-corrected chi connectivity index (χ1v) is 15.0. The lowest BCUT2D eigenvalue weighted by Gasteiger charge is -2.32. The summed E-state index contributed by atoms with van der Waals surface area (Å²) in [6.45, 7) is 4.35. The third kappa shape index (κ3) is 6.59. The van der Waals surface area contributed by atoms with Crippen LogP contribution in [0.4, 0.5) is 0 Å². The summed E-state index contributed by atoms with van der Waals surface area (Å²) in [5.41, 5.74) is 2.91. The van der Waals surface area contributed by atoms with Crippen molar-refractivity contribution >= 4 is 27.7 Å². The van der Waals surface area contributed by atoms with Crippen molar-refractivity contribution in [2.24, 2.45) is 0 Å². The fraction of sp³-hybridized carbons (Fsp3) is 0.323. The molecule has 4 rings (SSSR count). The fourth-order valence-electron chi connectivity index (χ4n) is 4.74. The van der Waals surface area contributed by atoms with Crippen molar-refractivity contribution in [3.8, 4) is 0 Å².